The molecule has 1 heterocycles. The fraction of sp³-hybridized carbons (Fsp3) is 0.167. The summed E-state index contributed by atoms with van der Waals surface area (Å²) in [5.41, 5.74) is 0.863. The number of benzene rings is 1. The molecule has 94 valence electrons. The van der Waals surface area contributed by atoms with Crippen LogP contribution in [0.2, 0.25) is 10.0 Å². The van der Waals surface area contributed by atoms with Crippen LogP contribution in [0, 0.1) is 0 Å². The van der Waals surface area contributed by atoms with Crippen molar-refractivity contribution >= 4 is 40.7 Å². The van der Waals surface area contributed by atoms with Gasteiger partial charge < -0.3 is 10.6 Å². The maximum absolute atomic E-state index is 6.04. The van der Waals surface area contributed by atoms with E-state index in [9.17, 15) is 0 Å². The molecule has 0 aliphatic heterocycles. The first kappa shape index (κ1) is 12.9. The van der Waals surface area contributed by atoms with E-state index in [1.165, 1.54) is 0 Å². The molecular weight excluding hydrogens is 271 g/mol. The molecule has 0 amide bonds. The molecule has 0 atom stereocenters. The van der Waals surface area contributed by atoms with Gasteiger partial charge in [0.25, 0.3) is 0 Å². The Labute approximate surface area is 115 Å². The minimum absolute atomic E-state index is 0.464. The first-order chi connectivity index (χ1) is 8.69. The van der Waals surface area contributed by atoms with Crippen molar-refractivity contribution in [1.82, 2.24) is 9.97 Å². The van der Waals surface area contributed by atoms with Gasteiger partial charge in [-0.05, 0) is 31.2 Å². The van der Waals surface area contributed by atoms with E-state index in [1.807, 2.05) is 19.1 Å². The second-order valence-corrected chi connectivity index (χ2v) is 4.40. The van der Waals surface area contributed by atoms with E-state index in [1.54, 1.807) is 18.3 Å². The zero-order valence-electron chi connectivity index (χ0n) is 9.74. The van der Waals surface area contributed by atoms with Crippen molar-refractivity contribution in [3.8, 4) is 0 Å². The lowest BCUT2D eigenvalue weighted by Crippen LogP contribution is -2.04. The first-order valence-electron chi connectivity index (χ1n) is 5.48. The Morgan fingerprint density at radius 1 is 1.17 bits per heavy atom. The molecular formula is C12H12Cl2N4. The summed E-state index contributed by atoms with van der Waals surface area (Å²) in [6.45, 7) is 2.73. The van der Waals surface area contributed by atoms with Crippen molar-refractivity contribution in [3.63, 3.8) is 0 Å². The third-order valence-corrected chi connectivity index (χ3v) is 2.71. The molecule has 4 nitrogen and oxygen atoms in total. The smallest absolute Gasteiger partial charge is 0.224 e. The number of halogens is 2. The summed E-state index contributed by atoms with van der Waals surface area (Å²) in [6, 6.07) is 7.30. The van der Waals surface area contributed by atoms with Gasteiger partial charge in [-0.2, -0.15) is 4.98 Å². The Balaban J connectivity index is 2.22. The summed E-state index contributed by atoms with van der Waals surface area (Å²) in [7, 11) is 0. The lowest BCUT2D eigenvalue weighted by molar-refractivity contribution is 1.09. The average molecular weight is 283 g/mol. The average Bonchev–Trinajstić information content (AvgIpc) is 2.36. The molecule has 0 aliphatic rings. The molecule has 0 fully saturated rings. The van der Waals surface area contributed by atoms with Gasteiger partial charge in [0.1, 0.15) is 5.02 Å². The molecule has 6 heteroatoms. The van der Waals surface area contributed by atoms with Crippen LogP contribution in [0.4, 0.5) is 17.5 Å². The summed E-state index contributed by atoms with van der Waals surface area (Å²) in [5, 5.41) is 7.29. The van der Waals surface area contributed by atoms with Crippen LogP contribution in [0.3, 0.4) is 0 Å². The molecule has 2 N–H and O–H groups in total. The van der Waals surface area contributed by atoms with Gasteiger partial charge in [0.15, 0.2) is 5.82 Å². The van der Waals surface area contributed by atoms with Crippen molar-refractivity contribution in [3.05, 3.63) is 40.5 Å². The second-order valence-electron chi connectivity index (χ2n) is 3.55. The van der Waals surface area contributed by atoms with Gasteiger partial charge in [-0.15, -0.1) is 0 Å². The number of nitrogens with zero attached hydrogens (tertiary/aromatic N) is 2. The minimum atomic E-state index is 0.464. The zero-order chi connectivity index (χ0) is 13.0. The van der Waals surface area contributed by atoms with E-state index in [2.05, 4.69) is 20.6 Å². The van der Waals surface area contributed by atoms with E-state index in [-0.39, 0.29) is 0 Å². The van der Waals surface area contributed by atoms with Gasteiger partial charge in [0, 0.05) is 17.3 Å². The largest absolute Gasteiger partial charge is 0.354 e. The number of aromatic nitrogens is 2. The molecule has 2 rings (SSSR count). The first-order valence-corrected chi connectivity index (χ1v) is 6.23. The molecule has 0 spiro atoms. The zero-order valence-corrected chi connectivity index (χ0v) is 11.3. The number of hydrogen-bond donors (Lipinski definition) is 2. The molecule has 2 aromatic rings. The quantitative estimate of drug-likeness (QED) is 0.891. The van der Waals surface area contributed by atoms with Crippen molar-refractivity contribution in [2.75, 3.05) is 17.2 Å². The molecule has 1 aromatic heterocycles. The van der Waals surface area contributed by atoms with Crippen LogP contribution in [0.15, 0.2) is 30.5 Å². The van der Waals surface area contributed by atoms with Gasteiger partial charge in [-0.25, -0.2) is 4.98 Å². The van der Waals surface area contributed by atoms with Crippen molar-refractivity contribution in [2.24, 2.45) is 0 Å². The van der Waals surface area contributed by atoms with Crippen LogP contribution in [-0.4, -0.2) is 16.5 Å². The Morgan fingerprint density at radius 2 is 1.89 bits per heavy atom. The summed E-state index contributed by atoms with van der Waals surface area (Å²) < 4.78 is 0. The topological polar surface area (TPSA) is 49.8 Å². The highest BCUT2D eigenvalue weighted by molar-refractivity contribution is 6.33. The fourth-order valence-corrected chi connectivity index (χ4v) is 1.63. The molecule has 18 heavy (non-hydrogen) atoms. The maximum Gasteiger partial charge on any atom is 0.224 e. The normalized spacial score (nSPS) is 10.2. The number of anilines is 3. The van der Waals surface area contributed by atoms with Crippen LogP contribution >= 0.6 is 23.2 Å². The Bertz CT molecular complexity index is 528. The van der Waals surface area contributed by atoms with E-state index >= 15 is 0 Å². The predicted octanol–water partition coefficient (Wildman–Crippen LogP) is 3.96. The van der Waals surface area contributed by atoms with Crippen LogP contribution in [0.25, 0.3) is 0 Å². The molecule has 0 radical (unpaired) electrons. The van der Waals surface area contributed by atoms with Crippen LogP contribution < -0.4 is 10.6 Å². The molecule has 0 saturated carbocycles. The summed E-state index contributed by atoms with van der Waals surface area (Å²) >= 11 is 11.9. The van der Waals surface area contributed by atoms with Crippen LogP contribution in [-0.2, 0) is 0 Å². The van der Waals surface area contributed by atoms with Gasteiger partial charge in [-0.3, -0.25) is 0 Å². The highest BCUT2D eigenvalue weighted by Gasteiger charge is 2.05. The summed E-state index contributed by atoms with van der Waals surface area (Å²) in [5.74, 6) is 1.10. The number of nitrogens with one attached hydrogen (secondary N) is 2. The minimum Gasteiger partial charge on any atom is -0.354 e. The van der Waals surface area contributed by atoms with Crippen molar-refractivity contribution < 1.29 is 0 Å². The lowest BCUT2D eigenvalue weighted by Gasteiger charge is -2.09. The van der Waals surface area contributed by atoms with Gasteiger partial charge in [0.2, 0.25) is 5.95 Å². The second kappa shape index (κ2) is 5.89. The highest BCUT2D eigenvalue weighted by Crippen LogP contribution is 2.24. The Kier molecular flexibility index (Phi) is 4.23. The van der Waals surface area contributed by atoms with E-state index in [0.717, 1.165) is 12.2 Å². The SMILES string of the molecule is CCNc1ncc(Cl)c(Nc2ccc(Cl)cc2)n1. The number of hydrogen-bond acceptors (Lipinski definition) is 4. The highest BCUT2D eigenvalue weighted by atomic mass is 35.5. The van der Waals surface area contributed by atoms with E-state index in [4.69, 9.17) is 23.2 Å². The predicted molar refractivity (Wildman–Crippen MR) is 75.9 cm³/mol. The maximum atomic E-state index is 6.04. The Hall–Kier alpha value is -1.52. The third-order valence-electron chi connectivity index (χ3n) is 2.19. The Morgan fingerprint density at radius 3 is 2.56 bits per heavy atom. The number of rotatable bonds is 4. The van der Waals surface area contributed by atoms with Gasteiger partial charge >= 0.3 is 0 Å². The van der Waals surface area contributed by atoms with Crippen molar-refractivity contribution in [1.29, 1.82) is 0 Å². The van der Waals surface area contributed by atoms with E-state index in [0.29, 0.717) is 21.8 Å². The van der Waals surface area contributed by atoms with Crippen LogP contribution in [0.5, 0.6) is 0 Å². The molecule has 0 bridgehead atoms. The standard InChI is InChI=1S/C12H12Cl2N4/c1-2-15-12-16-7-10(14)11(18-12)17-9-5-3-8(13)4-6-9/h3-7H,2H2,1H3,(H2,15,16,17,18). The molecule has 0 unspecified atom stereocenters. The van der Waals surface area contributed by atoms with Crippen LogP contribution in [0.1, 0.15) is 6.92 Å². The fourth-order valence-electron chi connectivity index (χ4n) is 1.37. The summed E-state index contributed by atoms with van der Waals surface area (Å²) in [4.78, 5) is 8.35. The monoisotopic (exact) mass is 282 g/mol. The van der Waals surface area contributed by atoms with Gasteiger partial charge in [-0.1, -0.05) is 23.2 Å². The van der Waals surface area contributed by atoms with Gasteiger partial charge in [0.05, 0.1) is 6.20 Å². The van der Waals surface area contributed by atoms with Crippen molar-refractivity contribution in [2.45, 2.75) is 6.92 Å². The molecule has 1 aromatic carbocycles. The molecule has 0 saturated heterocycles. The molecule has 0 aliphatic carbocycles. The lowest BCUT2D eigenvalue weighted by atomic mass is 10.3. The van der Waals surface area contributed by atoms with E-state index < -0.39 is 0 Å². The third kappa shape index (κ3) is 3.24. The summed E-state index contributed by atoms with van der Waals surface area (Å²) in [6.07, 6.45) is 1.56.